The van der Waals surface area contributed by atoms with Crippen LogP contribution < -0.4 is 18.6 Å². The summed E-state index contributed by atoms with van der Waals surface area (Å²) in [6.45, 7) is 2.20. The second kappa shape index (κ2) is 9.75. The molecular weight excluding hydrogens is 378 g/mol. The molecule has 0 radical (unpaired) electrons. The lowest BCUT2D eigenvalue weighted by molar-refractivity contribution is -2.00. The van der Waals surface area contributed by atoms with Gasteiger partial charge in [0, 0.05) is 23.1 Å². The number of thioether (sulfide) groups is 1. The highest BCUT2D eigenvalue weighted by atomic mass is 35.7. The van der Waals surface area contributed by atoms with Crippen LogP contribution in [0.1, 0.15) is 6.92 Å². The molecule has 1 heterocycles. The second-order valence-corrected chi connectivity index (χ2v) is 8.30. The molecule has 0 spiro atoms. The van der Waals surface area contributed by atoms with Crippen LogP contribution in [0.15, 0.2) is 51.1 Å². The van der Waals surface area contributed by atoms with Gasteiger partial charge in [0.25, 0.3) is 0 Å². The number of benzene rings is 1. The Morgan fingerprint density at radius 2 is 1.65 bits per heavy atom. The number of allylic oxidation sites excluding steroid dienone is 2. The van der Waals surface area contributed by atoms with E-state index in [1.165, 1.54) is 20.4 Å². The van der Waals surface area contributed by atoms with Crippen LogP contribution >= 0.6 is 33.3 Å². The molecule has 0 fully saturated rings. The average Bonchev–Trinajstić information content (AvgIpc) is 2.84. The van der Waals surface area contributed by atoms with Crippen molar-refractivity contribution in [3.05, 3.63) is 51.1 Å². The van der Waals surface area contributed by atoms with Gasteiger partial charge in [0.1, 0.15) is 7.05 Å². The quantitative estimate of drug-likeness (QED) is 0.409. The van der Waals surface area contributed by atoms with Crippen molar-refractivity contribution in [3.8, 4) is 0 Å². The fourth-order valence-electron chi connectivity index (χ4n) is 1.58. The maximum atomic E-state index is 8.49. The summed E-state index contributed by atoms with van der Waals surface area (Å²) in [5.41, 5.74) is 2.60. The third kappa shape index (κ3) is 8.27. The number of para-hydroxylation sites is 1. The van der Waals surface area contributed by atoms with E-state index in [1.54, 1.807) is 0 Å². The van der Waals surface area contributed by atoms with Gasteiger partial charge in [-0.1, -0.05) is 29.0 Å². The highest BCUT2D eigenvalue weighted by Gasteiger charge is 2.17. The van der Waals surface area contributed by atoms with Crippen LogP contribution in [0, 0.1) is 10.2 Å². The van der Waals surface area contributed by atoms with Crippen molar-refractivity contribution in [2.45, 2.75) is 6.92 Å². The minimum Gasteiger partial charge on any atom is -0.222 e. The van der Waals surface area contributed by atoms with E-state index in [4.69, 9.17) is 18.6 Å². The minimum absolute atomic E-state index is 1.21. The van der Waals surface area contributed by atoms with E-state index in [-0.39, 0.29) is 0 Å². The number of hydrogen-bond acceptors (Lipinski definition) is 7. The molecule has 5 nitrogen and oxygen atoms in total. The topological polar surface area (TPSA) is 95.2 Å². The van der Waals surface area contributed by atoms with Crippen LogP contribution in [0.3, 0.4) is 0 Å². The molecule has 0 unspecified atom stereocenters. The second-order valence-electron chi connectivity index (χ2n) is 4.29. The van der Waals surface area contributed by atoms with Crippen molar-refractivity contribution in [1.29, 1.82) is 0 Å². The van der Waals surface area contributed by atoms with Gasteiger partial charge in [0.15, 0.2) is 6.21 Å². The summed E-state index contributed by atoms with van der Waals surface area (Å²) in [5, 5.41) is 0. The van der Waals surface area contributed by atoms with Crippen molar-refractivity contribution >= 4 is 45.3 Å². The molecule has 1 aromatic carbocycles. The van der Waals surface area contributed by atoms with E-state index in [9.17, 15) is 0 Å². The van der Waals surface area contributed by atoms with Gasteiger partial charge < -0.3 is 0 Å². The molecule has 0 amide bonds. The zero-order valence-electron chi connectivity index (χ0n) is 12.7. The highest BCUT2D eigenvalue weighted by Crippen LogP contribution is 2.52. The van der Waals surface area contributed by atoms with E-state index < -0.39 is 10.2 Å². The van der Waals surface area contributed by atoms with Crippen LogP contribution in [-0.2, 0) is 0 Å². The summed E-state index contributed by atoms with van der Waals surface area (Å²) in [4.78, 5) is 1.35. The zero-order valence-corrected chi connectivity index (χ0v) is 15.9. The molecule has 1 aliphatic heterocycles. The van der Waals surface area contributed by atoms with Crippen molar-refractivity contribution in [2.24, 2.45) is 0 Å². The molecule has 0 atom stereocenters. The lowest BCUT2D eigenvalue weighted by atomic mass is 10.3. The van der Waals surface area contributed by atoms with E-state index >= 15 is 0 Å². The number of halogens is 1. The Balaban J connectivity index is 0.000000463. The highest BCUT2D eigenvalue weighted by molar-refractivity contribution is 8.82. The third-order valence-corrected chi connectivity index (χ3v) is 6.88. The molecule has 0 aliphatic carbocycles. The van der Waals surface area contributed by atoms with Gasteiger partial charge in [-0.05, 0) is 29.5 Å². The van der Waals surface area contributed by atoms with Crippen LogP contribution in [-0.4, -0.2) is 24.1 Å². The van der Waals surface area contributed by atoms with E-state index in [0.29, 0.717) is 0 Å². The SMILES string of the molecule is CSC1=C(C)/C(=C/C=[N+](C)c2ccccc2)SS1.[O-][Cl+3]([O-])([O-])[O-]. The Hall–Kier alpha value is -0.450. The molecule has 1 aromatic rings. The van der Waals surface area contributed by atoms with Gasteiger partial charge in [-0.15, -0.1) is 22.0 Å². The number of rotatable bonds is 3. The van der Waals surface area contributed by atoms with Gasteiger partial charge in [0.2, 0.25) is 5.69 Å². The van der Waals surface area contributed by atoms with Crippen LogP contribution in [0.5, 0.6) is 0 Å². The van der Waals surface area contributed by atoms with Gasteiger partial charge in [0.05, 0.1) is 4.24 Å². The molecular formula is C14H16ClNO4S3. The average molecular weight is 394 g/mol. The molecule has 0 saturated heterocycles. The first kappa shape index (κ1) is 20.6. The van der Waals surface area contributed by atoms with Crippen LogP contribution in [0.25, 0.3) is 0 Å². The monoisotopic (exact) mass is 393 g/mol. The molecule has 0 saturated carbocycles. The fraction of sp³-hybridized carbons (Fsp3) is 0.214. The first-order chi connectivity index (χ1) is 10.7. The maximum Gasteiger partial charge on any atom is 0.204 e. The van der Waals surface area contributed by atoms with Crippen LogP contribution in [0.4, 0.5) is 5.69 Å². The third-order valence-electron chi connectivity index (χ3n) is 2.68. The van der Waals surface area contributed by atoms with Crippen molar-refractivity contribution in [1.82, 2.24) is 0 Å². The van der Waals surface area contributed by atoms with Gasteiger partial charge in [-0.3, -0.25) is 0 Å². The van der Waals surface area contributed by atoms with Crippen molar-refractivity contribution in [2.75, 3.05) is 13.3 Å². The Morgan fingerprint density at radius 3 is 2.13 bits per heavy atom. The van der Waals surface area contributed by atoms with Gasteiger partial charge in [-0.25, -0.2) is 23.2 Å². The Kier molecular flexibility index (Phi) is 8.73. The van der Waals surface area contributed by atoms with E-state index in [1.807, 2.05) is 39.4 Å². The summed E-state index contributed by atoms with van der Waals surface area (Å²) in [5.74, 6) is 0. The summed E-state index contributed by atoms with van der Waals surface area (Å²) in [6.07, 6.45) is 6.46. The Bertz CT molecular complexity index is 606. The maximum absolute atomic E-state index is 8.49. The minimum atomic E-state index is -4.94. The number of nitrogens with zero attached hydrogens (tertiary/aromatic N) is 1. The summed E-state index contributed by atoms with van der Waals surface area (Å²) < 4.78 is 37.5. The summed E-state index contributed by atoms with van der Waals surface area (Å²) in [6, 6.07) is 10.4. The van der Waals surface area contributed by atoms with Gasteiger partial charge in [-0.2, -0.15) is 0 Å². The smallest absolute Gasteiger partial charge is 0.204 e. The molecule has 2 rings (SSSR count). The predicted molar refractivity (Wildman–Crippen MR) is 87.8 cm³/mol. The van der Waals surface area contributed by atoms with Crippen molar-refractivity contribution in [3.63, 3.8) is 0 Å². The first-order valence-electron chi connectivity index (χ1n) is 6.27. The summed E-state index contributed by atoms with van der Waals surface area (Å²) >= 11 is 1.83. The molecule has 23 heavy (non-hydrogen) atoms. The molecule has 0 N–H and O–H groups in total. The number of hydrogen-bond donors (Lipinski definition) is 0. The molecule has 0 bridgehead atoms. The molecule has 1 aliphatic rings. The van der Waals surface area contributed by atoms with Crippen LogP contribution in [0.2, 0.25) is 0 Å². The summed E-state index contributed by atoms with van der Waals surface area (Å²) in [7, 11) is 0.836. The van der Waals surface area contributed by atoms with Crippen molar-refractivity contribution < 1.29 is 33.5 Å². The van der Waals surface area contributed by atoms with Gasteiger partial charge >= 0.3 is 0 Å². The lowest BCUT2D eigenvalue weighted by Crippen LogP contribution is -2.68. The fourth-order valence-corrected chi connectivity index (χ4v) is 5.47. The molecule has 9 heteroatoms. The van der Waals surface area contributed by atoms with E-state index in [0.717, 1.165) is 0 Å². The predicted octanol–water partition coefficient (Wildman–Crippen LogP) is 0.149. The van der Waals surface area contributed by atoms with E-state index in [2.05, 4.69) is 61.4 Å². The lowest BCUT2D eigenvalue weighted by Gasteiger charge is -2.17. The molecule has 126 valence electrons. The normalized spacial score (nSPS) is 17.3. The molecule has 0 aromatic heterocycles. The largest absolute Gasteiger partial charge is 0.222 e. The Morgan fingerprint density at radius 1 is 1.09 bits per heavy atom. The Labute approximate surface area is 149 Å². The zero-order chi connectivity index (χ0) is 17.5. The first-order valence-corrected chi connectivity index (χ1v) is 10.9. The standard InChI is InChI=1S/C14H16NS3.ClHO4/c1-11-13(17-18-14(11)16-3)9-10-15(2)12-7-5-4-6-8-12;2-1(3,4)5/h4-10H,1-3H3;(H,2,3,4,5)/q+1;/p-1/b13-9-,15-10?;.